The predicted molar refractivity (Wildman–Crippen MR) is 65.4 cm³/mol. The van der Waals surface area contributed by atoms with E-state index in [-0.39, 0.29) is 4.90 Å². The van der Waals surface area contributed by atoms with Crippen LogP contribution in [0.2, 0.25) is 0 Å². The molecule has 0 spiro atoms. The molecule has 0 radical (unpaired) electrons. The molecular weight excluding hydrogens is 240 g/mol. The van der Waals surface area contributed by atoms with E-state index >= 15 is 0 Å². The van der Waals surface area contributed by atoms with Crippen molar-refractivity contribution >= 4 is 15.7 Å². The van der Waals surface area contributed by atoms with Crippen LogP contribution < -0.4 is 10.5 Å². The van der Waals surface area contributed by atoms with Crippen LogP contribution in [0.25, 0.3) is 0 Å². The quantitative estimate of drug-likeness (QED) is 0.821. The predicted octanol–water partition coefficient (Wildman–Crippen LogP) is 1.06. The third kappa shape index (κ3) is 2.23. The van der Waals surface area contributed by atoms with Gasteiger partial charge < -0.3 is 10.5 Å². The highest BCUT2D eigenvalue weighted by molar-refractivity contribution is 7.89. The molecule has 6 heteroatoms. The van der Waals surface area contributed by atoms with Crippen LogP contribution in [0.1, 0.15) is 12.8 Å². The highest BCUT2D eigenvalue weighted by atomic mass is 32.2. The van der Waals surface area contributed by atoms with Crippen LogP contribution in [0.5, 0.6) is 5.75 Å². The van der Waals surface area contributed by atoms with E-state index in [1.54, 1.807) is 6.07 Å². The molecule has 2 rings (SSSR count). The summed E-state index contributed by atoms with van der Waals surface area (Å²) in [4.78, 5) is 0.191. The summed E-state index contributed by atoms with van der Waals surface area (Å²) in [5.74, 6) is 0.303. The molecule has 17 heavy (non-hydrogen) atoms. The Hall–Kier alpha value is -1.27. The Morgan fingerprint density at radius 2 is 1.94 bits per heavy atom. The number of hydrogen-bond acceptors (Lipinski definition) is 4. The van der Waals surface area contributed by atoms with Crippen LogP contribution in [0.15, 0.2) is 23.1 Å². The van der Waals surface area contributed by atoms with Gasteiger partial charge in [0, 0.05) is 24.8 Å². The third-order valence-corrected chi connectivity index (χ3v) is 4.81. The minimum Gasteiger partial charge on any atom is -0.495 e. The van der Waals surface area contributed by atoms with Gasteiger partial charge in [0.2, 0.25) is 10.0 Å². The SMILES string of the molecule is COc1cc(N)ccc1S(=O)(=O)N1CCCC1. The number of methoxy groups -OCH3 is 1. The number of rotatable bonds is 3. The van der Waals surface area contributed by atoms with Crippen LogP contribution in [0.3, 0.4) is 0 Å². The van der Waals surface area contributed by atoms with Gasteiger partial charge in [-0.25, -0.2) is 8.42 Å². The molecule has 0 aliphatic carbocycles. The van der Waals surface area contributed by atoms with E-state index < -0.39 is 10.0 Å². The Morgan fingerprint density at radius 3 is 2.53 bits per heavy atom. The second kappa shape index (κ2) is 4.54. The summed E-state index contributed by atoms with van der Waals surface area (Å²) >= 11 is 0. The minimum absolute atomic E-state index is 0.191. The standard InChI is InChI=1S/C11H16N2O3S/c1-16-10-8-9(12)4-5-11(10)17(14,15)13-6-2-3-7-13/h4-5,8H,2-3,6-7,12H2,1H3. The highest BCUT2D eigenvalue weighted by Crippen LogP contribution is 2.30. The molecule has 1 aromatic carbocycles. The van der Waals surface area contributed by atoms with Gasteiger partial charge in [-0.3, -0.25) is 0 Å². The van der Waals surface area contributed by atoms with Crippen molar-refractivity contribution in [2.45, 2.75) is 17.7 Å². The normalized spacial score (nSPS) is 17.2. The molecule has 0 atom stereocenters. The Balaban J connectivity index is 2.45. The van der Waals surface area contributed by atoms with Crippen molar-refractivity contribution in [3.8, 4) is 5.75 Å². The first-order valence-corrected chi connectivity index (χ1v) is 6.93. The molecule has 0 amide bonds. The Bertz CT molecular complexity index is 507. The smallest absolute Gasteiger partial charge is 0.246 e. The zero-order valence-corrected chi connectivity index (χ0v) is 10.5. The number of ether oxygens (including phenoxy) is 1. The first-order chi connectivity index (χ1) is 8.05. The van der Waals surface area contributed by atoms with Crippen molar-refractivity contribution in [2.24, 2.45) is 0 Å². The molecule has 0 bridgehead atoms. The van der Waals surface area contributed by atoms with Gasteiger partial charge in [0.05, 0.1) is 7.11 Å². The van der Waals surface area contributed by atoms with Crippen LogP contribution in [0.4, 0.5) is 5.69 Å². The van der Waals surface area contributed by atoms with Crippen molar-refractivity contribution < 1.29 is 13.2 Å². The lowest BCUT2D eigenvalue weighted by Crippen LogP contribution is -2.28. The maximum Gasteiger partial charge on any atom is 0.246 e. The fourth-order valence-electron chi connectivity index (χ4n) is 1.96. The molecule has 1 aromatic rings. The van der Waals surface area contributed by atoms with E-state index in [1.165, 1.54) is 23.5 Å². The van der Waals surface area contributed by atoms with Gasteiger partial charge in [-0.1, -0.05) is 0 Å². The number of nitrogen functional groups attached to an aromatic ring is 1. The molecule has 0 unspecified atom stereocenters. The van der Waals surface area contributed by atoms with E-state index in [2.05, 4.69) is 0 Å². The van der Waals surface area contributed by atoms with Crippen molar-refractivity contribution in [3.05, 3.63) is 18.2 Å². The van der Waals surface area contributed by atoms with Gasteiger partial charge in [0.15, 0.2) is 0 Å². The Labute approximate surface area is 101 Å². The topological polar surface area (TPSA) is 72.6 Å². The summed E-state index contributed by atoms with van der Waals surface area (Å²) in [6.45, 7) is 1.16. The number of nitrogens with two attached hydrogens (primary N) is 1. The molecule has 5 nitrogen and oxygen atoms in total. The molecule has 2 N–H and O–H groups in total. The molecule has 94 valence electrons. The number of hydrogen-bond donors (Lipinski definition) is 1. The van der Waals surface area contributed by atoms with Crippen molar-refractivity contribution in [1.82, 2.24) is 4.31 Å². The van der Waals surface area contributed by atoms with Gasteiger partial charge >= 0.3 is 0 Å². The fraction of sp³-hybridized carbons (Fsp3) is 0.455. The van der Waals surface area contributed by atoms with Crippen LogP contribution in [-0.4, -0.2) is 32.9 Å². The van der Waals surface area contributed by atoms with E-state index in [1.807, 2.05) is 0 Å². The lowest BCUT2D eigenvalue weighted by molar-refractivity contribution is 0.398. The molecule has 0 aromatic heterocycles. The van der Waals surface area contributed by atoms with Crippen LogP contribution in [-0.2, 0) is 10.0 Å². The Kier molecular flexibility index (Phi) is 3.26. The maximum absolute atomic E-state index is 12.3. The van der Waals surface area contributed by atoms with Crippen LogP contribution >= 0.6 is 0 Å². The molecule has 1 heterocycles. The molecule has 1 aliphatic rings. The zero-order valence-electron chi connectivity index (χ0n) is 9.72. The largest absolute Gasteiger partial charge is 0.495 e. The molecule has 0 saturated carbocycles. The molecule has 1 saturated heterocycles. The molecule has 1 fully saturated rings. The average molecular weight is 256 g/mol. The number of benzene rings is 1. The second-order valence-corrected chi connectivity index (χ2v) is 5.93. The van der Waals surface area contributed by atoms with Gasteiger partial charge in [0.1, 0.15) is 10.6 Å². The fourth-order valence-corrected chi connectivity index (χ4v) is 3.62. The zero-order chi connectivity index (χ0) is 12.5. The number of nitrogens with zero attached hydrogens (tertiary/aromatic N) is 1. The number of sulfonamides is 1. The second-order valence-electron chi connectivity index (χ2n) is 4.02. The van der Waals surface area contributed by atoms with Gasteiger partial charge in [-0.2, -0.15) is 4.31 Å². The van der Waals surface area contributed by atoms with Crippen LogP contribution in [0, 0.1) is 0 Å². The first-order valence-electron chi connectivity index (χ1n) is 5.49. The average Bonchev–Trinajstić information content (AvgIpc) is 2.82. The summed E-state index contributed by atoms with van der Waals surface area (Å²) in [5.41, 5.74) is 6.10. The lowest BCUT2D eigenvalue weighted by Gasteiger charge is -2.17. The summed E-state index contributed by atoms with van der Waals surface area (Å²) in [7, 11) is -2.00. The van der Waals surface area contributed by atoms with E-state index in [9.17, 15) is 8.42 Å². The third-order valence-electron chi connectivity index (χ3n) is 2.87. The number of anilines is 1. The minimum atomic E-state index is -3.45. The summed E-state index contributed by atoms with van der Waals surface area (Å²) in [5, 5.41) is 0. The van der Waals surface area contributed by atoms with Gasteiger partial charge in [-0.15, -0.1) is 0 Å². The molecule has 1 aliphatic heterocycles. The lowest BCUT2D eigenvalue weighted by atomic mass is 10.3. The van der Waals surface area contributed by atoms with Gasteiger partial charge in [0.25, 0.3) is 0 Å². The van der Waals surface area contributed by atoms with E-state index in [0.717, 1.165) is 12.8 Å². The summed E-state index contributed by atoms with van der Waals surface area (Å²) < 4.78 is 31.2. The van der Waals surface area contributed by atoms with Crippen molar-refractivity contribution in [1.29, 1.82) is 0 Å². The first kappa shape index (κ1) is 12.2. The van der Waals surface area contributed by atoms with Crippen molar-refractivity contribution in [2.75, 3.05) is 25.9 Å². The molecular formula is C11H16N2O3S. The monoisotopic (exact) mass is 256 g/mol. The van der Waals surface area contributed by atoms with E-state index in [0.29, 0.717) is 24.5 Å². The summed E-state index contributed by atoms with van der Waals surface area (Å²) in [6.07, 6.45) is 1.83. The summed E-state index contributed by atoms with van der Waals surface area (Å²) in [6, 6.07) is 4.61. The van der Waals surface area contributed by atoms with Gasteiger partial charge in [-0.05, 0) is 25.0 Å². The van der Waals surface area contributed by atoms with E-state index in [4.69, 9.17) is 10.5 Å². The highest BCUT2D eigenvalue weighted by Gasteiger charge is 2.29. The Morgan fingerprint density at radius 1 is 1.29 bits per heavy atom. The maximum atomic E-state index is 12.3. The van der Waals surface area contributed by atoms with Crippen molar-refractivity contribution in [3.63, 3.8) is 0 Å².